The molecular weight excluding hydrogens is 278 g/mol. The van der Waals surface area contributed by atoms with Gasteiger partial charge in [0.2, 0.25) is 0 Å². The van der Waals surface area contributed by atoms with Crippen LogP contribution in [0.1, 0.15) is 50.8 Å². The Morgan fingerprint density at radius 3 is 2.64 bits per heavy atom. The van der Waals surface area contributed by atoms with Crippen LogP contribution >= 0.6 is 0 Å². The molecule has 1 aromatic heterocycles. The summed E-state index contributed by atoms with van der Waals surface area (Å²) in [7, 11) is 3.95. The number of likely N-dealkylation sites (tertiary alicyclic amines) is 1. The lowest BCUT2D eigenvalue weighted by atomic mass is 10.0. The molecule has 0 aliphatic carbocycles. The van der Waals surface area contributed by atoms with Crippen molar-refractivity contribution < 1.29 is 9.53 Å². The molecule has 5 nitrogen and oxygen atoms in total. The molecule has 2 rings (SSSR count). The lowest BCUT2D eigenvalue weighted by molar-refractivity contribution is 0.0224. The summed E-state index contributed by atoms with van der Waals surface area (Å²) in [5.74, 6) is 0.933. The van der Waals surface area contributed by atoms with Gasteiger partial charge in [-0.1, -0.05) is 0 Å². The lowest BCUT2D eigenvalue weighted by Crippen LogP contribution is -2.36. The first-order valence-electron chi connectivity index (χ1n) is 7.82. The summed E-state index contributed by atoms with van der Waals surface area (Å²) >= 11 is 0. The molecule has 1 aromatic rings. The molecule has 22 heavy (non-hydrogen) atoms. The number of nitrogens with zero attached hydrogens (tertiary/aromatic N) is 3. The van der Waals surface area contributed by atoms with Gasteiger partial charge < -0.3 is 14.5 Å². The fourth-order valence-electron chi connectivity index (χ4n) is 2.77. The minimum absolute atomic E-state index is 0.0681. The number of carbonyl (C=O) groups excluding carboxylic acids is 1. The van der Waals surface area contributed by atoms with E-state index in [0.29, 0.717) is 0 Å². The number of aryl methyl sites for hydroxylation is 1. The number of carbonyl (C=O) groups is 1. The van der Waals surface area contributed by atoms with Crippen LogP contribution in [0.3, 0.4) is 0 Å². The molecule has 0 saturated carbocycles. The molecule has 1 aliphatic rings. The van der Waals surface area contributed by atoms with Gasteiger partial charge in [-0.25, -0.2) is 9.78 Å². The molecule has 1 amide bonds. The minimum Gasteiger partial charge on any atom is -0.444 e. The third-order valence-electron chi connectivity index (χ3n) is 3.83. The molecule has 0 bridgehead atoms. The third-order valence-corrected chi connectivity index (χ3v) is 3.83. The quantitative estimate of drug-likeness (QED) is 0.838. The number of pyridine rings is 1. The van der Waals surface area contributed by atoms with Crippen LogP contribution in [0.25, 0.3) is 0 Å². The van der Waals surface area contributed by atoms with E-state index in [1.807, 2.05) is 50.9 Å². The normalized spacial score (nSPS) is 18.5. The highest BCUT2D eigenvalue weighted by Gasteiger charge is 2.34. The van der Waals surface area contributed by atoms with Gasteiger partial charge in [-0.15, -0.1) is 0 Å². The average Bonchev–Trinajstić information content (AvgIpc) is 2.85. The standard InChI is InChI=1S/C17H27N3O2/c1-12-10-15(19(5)6)18-11-13(12)14-8-7-9-20(14)16(21)22-17(2,3)4/h10-11,14H,7-9H2,1-6H3. The molecule has 0 radical (unpaired) electrons. The van der Waals surface area contributed by atoms with Gasteiger partial charge >= 0.3 is 6.09 Å². The summed E-state index contributed by atoms with van der Waals surface area (Å²) in [6.45, 7) is 8.52. The van der Waals surface area contributed by atoms with Gasteiger partial charge in [-0.05, 0) is 57.7 Å². The molecule has 2 heterocycles. The molecule has 1 fully saturated rings. The summed E-state index contributed by atoms with van der Waals surface area (Å²) in [5.41, 5.74) is 1.82. The zero-order valence-electron chi connectivity index (χ0n) is 14.5. The van der Waals surface area contributed by atoms with Crippen molar-refractivity contribution in [1.29, 1.82) is 0 Å². The van der Waals surface area contributed by atoms with Crippen LogP contribution < -0.4 is 4.90 Å². The first kappa shape index (κ1) is 16.6. The number of hydrogen-bond acceptors (Lipinski definition) is 4. The third kappa shape index (κ3) is 3.70. The highest BCUT2D eigenvalue weighted by Crippen LogP contribution is 2.35. The predicted molar refractivity (Wildman–Crippen MR) is 88.2 cm³/mol. The fraction of sp³-hybridized carbons (Fsp3) is 0.647. The number of hydrogen-bond donors (Lipinski definition) is 0. The number of ether oxygens (including phenoxy) is 1. The van der Waals surface area contributed by atoms with Gasteiger partial charge in [-0.3, -0.25) is 0 Å². The van der Waals surface area contributed by atoms with Crippen LogP contribution in [0.15, 0.2) is 12.3 Å². The highest BCUT2D eigenvalue weighted by atomic mass is 16.6. The Morgan fingerprint density at radius 2 is 2.09 bits per heavy atom. The second-order valence-corrected chi connectivity index (χ2v) is 7.13. The van der Waals surface area contributed by atoms with Gasteiger partial charge in [0.1, 0.15) is 11.4 Å². The second-order valence-electron chi connectivity index (χ2n) is 7.13. The van der Waals surface area contributed by atoms with Crippen LogP contribution in [0.4, 0.5) is 10.6 Å². The van der Waals surface area contributed by atoms with Crippen molar-refractivity contribution in [1.82, 2.24) is 9.88 Å². The number of aromatic nitrogens is 1. The molecular formula is C17H27N3O2. The Morgan fingerprint density at radius 1 is 1.41 bits per heavy atom. The Hall–Kier alpha value is -1.78. The van der Waals surface area contributed by atoms with Crippen LogP contribution in [0.5, 0.6) is 0 Å². The molecule has 5 heteroatoms. The molecule has 0 N–H and O–H groups in total. The van der Waals surface area contributed by atoms with Crippen molar-refractivity contribution in [2.75, 3.05) is 25.5 Å². The summed E-state index contributed by atoms with van der Waals surface area (Å²) in [6, 6.07) is 2.14. The SMILES string of the molecule is Cc1cc(N(C)C)ncc1C1CCCN1C(=O)OC(C)(C)C. The number of anilines is 1. The average molecular weight is 305 g/mol. The summed E-state index contributed by atoms with van der Waals surface area (Å²) in [5, 5.41) is 0. The van der Waals surface area contributed by atoms with Crippen LogP contribution in [0.2, 0.25) is 0 Å². The topological polar surface area (TPSA) is 45.7 Å². The zero-order chi connectivity index (χ0) is 16.5. The Balaban J connectivity index is 2.22. The Kier molecular flexibility index (Phi) is 4.63. The maximum Gasteiger partial charge on any atom is 0.410 e. The Labute approximate surface area is 133 Å². The van der Waals surface area contributed by atoms with E-state index in [1.165, 1.54) is 5.56 Å². The van der Waals surface area contributed by atoms with Crippen molar-refractivity contribution in [3.63, 3.8) is 0 Å². The molecule has 0 spiro atoms. The summed E-state index contributed by atoms with van der Waals surface area (Å²) in [6.07, 6.45) is 3.63. The van der Waals surface area contributed by atoms with E-state index >= 15 is 0 Å². The maximum absolute atomic E-state index is 12.4. The molecule has 0 aromatic carbocycles. The van der Waals surface area contributed by atoms with Crippen LogP contribution in [-0.4, -0.2) is 42.2 Å². The second kappa shape index (κ2) is 6.15. The van der Waals surface area contributed by atoms with E-state index < -0.39 is 5.60 Å². The molecule has 1 unspecified atom stereocenters. The smallest absolute Gasteiger partial charge is 0.410 e. The summed E-state index contributed by atoms with van der Waals surface area (Å²) in [4.78, 5) is 20.7. The van der Waals surface area contributed by atoms with Crippen LogP contribution in [-0.2, 0) is 4.74 Å². The minimum atomic E-state index is -0.466. The van der Waals surface area contributed by atoms with Crippen molar-refractivity contribution >= 4 is 11.9 Å². The van der Waals surface area contributed by atoms with Crippen molar-refractivity contribution in [2.24, 2.45) is 0 Å². The van der Waals surface area contributed by atoms with E-state index in [-0.39, 0.29) is 12.1 Å². The zero-order valence-corrected chi connectivity index (χ0v) is 14.5. The van der Waals surface area contributed by atoms with E-state index in [0.717, 1.165) is 30.8 Å². The molecule has 1 saturated heterocycles. The molecule has 122 valence electrons. The first-order valence-corrected chi connectivity index (χ1v) is 7.82. The summed E-state index contributed by atoms with van der Waals surface area (Å²) < 4.78 is 5.53. The number of rotatable bonds is 2. The van der Waals surface area contributed by atoms with Crippen molar-refractivity contribution in [3.05, 3.63) is 23.4 Å². The largest absolute Gasteiger partial charge is 0.444 e. The van der Waals surface area contributed by atoms with E-state index in [9.17, 15) is 4.79 Å². The van der Waals surface area contributed by atoms with E-state index in [2.05, 4.69) is 18.0 Å². The Bertz CT molecular complexity index is 549. The van der Waals surface area contributed by atoms with Gasteiger partial charge in [0.15, 0.2) is 0 Å². The number of amides is 1. The fourth-order valence-corrected chi connectivity index (χ4v) is 2.77. The van der Waals surface area contributed by atoms with Crippen LogP contribution in [0, 0.1) is 6.92 Å². The van der Waals surface area contributed by atoms with Gasteiger partial charge in [0, 0.05) is 26.8 Å². The van der Waals surface area contributed by atoms with Crippen molar-refractivity contribution in [3.8, 4) is 0 Å². The highest BCUT2D eigenvalue weighted by molar-refractivity contribution is 5.69. The van der Waals surface area contributed by atoms with Gasteiger partial charge in [-0.2, -0.15) is 0 Å². The lowest BCUT2D eigenvalue weighted by Gasteiger charge is -2.29. The van der Waals surface area contributed by atoms with Crippen molar-refractivity contribution in [2.45, 2.75) is 52.2 Å². The molecule has 1 atom stereocenters. The van der Waals surface area contributed by atoms with E-state index in [1.54, 1.807) is 0 Å². The maximum atomic E-state index is 12.4. The van der Waals surface area contributed by atoms with E-state index in [4.69, 9.17) is 4.74 Å². The van der Waals surface area contributed by atoms with Gasteiger partial charge in [0.05, 0.1) is 6.04 Å². The van der Waals surface area contributed by atoms with Gasteiger partial charge in [0.25, 0.3) is 0 Å². The first-order chi connectivity index (χ1) is 10.2. The predicted octanol–water partition coefficient (Wildman–Crippen LogP) is 3.53. The molecule has 1 aliphatic heterocycles. The monoisotopic (exact) mass is 305 g/mol.